The summed E-state index contributed by atoms with van der Waals surface area (Å²) in [6.07, 6.45) is 0. The van der Waals surface area contributed by atoms with E-state index in [0.29, 0.717) is 5.56 Å². The van der Waals surface area contributed by atoms with Crippen molar-refractivity contribution in [2.45, 2.75) is 19.9 Å². The normalized spacial score (nSPS) is 13.8. The molecule has 0 fully saturated rings. The van der Waals surface area contributed by atoms with Gasteiger partial charge in [-0.2, -0.15) is 0 Å². The molecule has 1 amide bonds. The van der Waals surface area contributed by atoms with Gasteiger partial charge in [0, 0.05) is 12.5 Å². The minimum absolute atomic E-state index is 0.138. The van der Waals surface area contributed by atoms with E-state index in [4.69, 9.17) is 10.5 Å². The first-order valence-corrected chi connectivity index (χ1v) is 5.83. The summed E-state index contributed by atoms with van der Waals surface area (Å²) in [7, 11) is 1.41. The van der Waals surface area contributed by atoms with Crippen molar-refractivity contribution < 1.29 is 13.9 Å². The fourth-order valence-corrected chi connectivity index (χ4v) is 1.50. The molecule has 2 atom stereocenters. The summed E-state index contributed by atoms with van der Waals surface area (Å²) >= 11 is 0. The third-order valence-electron chi connectivity index (χ3n) is 2.84. The summed E-state index contributed by atoms with van der Waals surface area (Å²) in [5.74, 6) is -0.646. The van der Waals surface area contributed by atoms with Crippen molar-refractivity contribution in [3.05, 3.63) is 29.6 Å². The van der Waals surface area contributed by atoms with E-state index in [1.807, 2.05) is 0 Å². The molecule has 18 heavy (non-hydrogen) atoms. The van der Waals surface area contributed by atoms with E-state index in [1.165, 1.54) is 13.2 Å². The van der Waals surface area contributed by atoms with Gasteiger partial charge in [-0.25, -0.2) is 4.39 Å². The first-order chi connectivity index (χ1) is 8.49. The maximum Gasteiger partial charge on any atom is 0.224 e. The van der Waals surface area contributed by atoms with Gasteiger partial charge in [0.1, 0.15) is 0 Å². The number of nitrogens with one attached hydrogen (secondary N) is 1. The number of hydrogen-bond donors (Lipinski definition) is 2. The van der Waals surface area contributed by atoms with Crippen molar-refractivity contribution in [1.82, 2.24) is 5.32 Å². The number of benzene rings is 1. The number of methoxy groups -OCH3 is 1. The zero-order valence-electron chi connectivity index (χ0n) is 10.9. The molecule has 0 heterocycles. The fourth-order valence-electron chi connectivity index (χ4n) is 1.50. The second-order valence-corrected chi connectivity index (χ2v) is 4.26. The lowest BCUT2D eigenvalue weighted by molar-refractivity contribution is -0.124. The Morgan fingerprint density at radius 2 is 2.17 bits per heavy atom. The third kappa shape index (κ3) is 3.43. The molecule has 100 valence electrons. The van der Waals surface area contributed by atoms with Crippen molar-refractivity contribution in [3.8, 4) is 5.75 Å². The van der Waals surface area contributed by atoms with Gasteiger partial charge in [0.15, 0.2) is 11.6 Å². The number of halogens is 1. The number of ether oxygens (including phenoxy) is 1. The molecule has 0 spiro atoms. The van der Waals surface area contributed by atoms with Gasteiger partial charge < -0.3 is 15.8 Å². The zero-order valence-corrected chi connectivity index (χ0v) is 10.9. The van der Waals surface area contributed by atoms with Crippen molar-refractivity contribution in [3.63, 3.8) is 0 Å². The quantitative estimate of drug-likeness (QED) is 0.839. The topological polar surface area (TPSA) is 64.3 Å². The standard InChI is InChI=1S/C13H19FN2O2/c1-8(7-15)13(17)16-9(2)10-4-5-12(18-3)11(14)6-10/h4-6,8-9H,7,15H2,1-3H3,(H,16,17). The van der Waals surface area contributed by atoms with Crippen LogP contribution in [0.25, 0.3) is 0 Å². The maximum atomic E-state index is 13.5. The van der Waals surface area contributed by atoms with Crippen LogP contribution in [0.15, 0.2) is 18.2 Å². The number of amides is 1. The number of hydrogen-bond acceptors (Lipinski definition) is 3. The summed E-state index contributed by atoms with van der Waals surface area (Å²) in [4.78, 5) is 11.7. The lowest BCUT2D eigenvalue weighted by atomic mass is 10.1. The molecular formula is C13H19FN2O2. The first kappa shape index (κ1) is 14.4. The Balaban J connectivity index is 2.75. The summed E-state index contributed by atoms with van der Waals surface area (Å²) in [6, 6.07) is 4.35. The van der Waals surface area contributed by atoms with E-state index in [9.17, 15) is 9.18 Å². The lowest BCUT2D eigenvalue weighted by Gasteiger charge is -2.17. The van der Waals surface area contributed by atoms with E-state index >= 15 is 0 Å². The highest BCUT2D eigenvalue weighted by Gasteiger charge is 2.15. The Hall–Kier alpha value is -1.62. The van der Waals surface area contributed by atoms with Gasteiger partial charge >= 0.3 is 0 Å². The summed E-state index contributed by atoms with van der Waals surface area (Å²) in [5, 5.41) is 2.79. The van der Waals surface area contributed by atoms with Crippen molar-refractivity contribution in [2.24, 2.45) is 11.7 Å². The molecular weight excluding hydrogens is 235 g/mol. The fraction of sp³-hybridized carbons (Fsp3) is 0.462. The Morgan fingerprint density at radius 1 is 1.50 bits per heavy atom. The molecule has 0 aliphatic heterocycles. The van der Waals surface area contributed by atoms with Crippen LogP contribution in [-0.4, -0.2) is 19.6 Å². The number of carbonyl (C=O) groups is 1. The molecule has 1 rings (SSSR count). The Morgan fingerprint density at radius 3 is 2.67 bits per heavy atom. The molecule has 5 heteroatoms. The van der Waals surface area contributed by atoms with E-state index in [-0.39, 0.29) is 30.2 Å². The first-order valence-electron chi connectivity index (χ1n) is 5.83. The van der Waals surface area contributed by atoms with E-state index in [1.54, 1.807) is 26.0 Å². The van der Waals surface area contributed by atoms with Crippen LogP contribution in [0.4, 0.5) is 4.39 Å². The average molecular weight is 254 g/mol. The monoisotopic (exact) mass is 254 g/mol. The molecule has 3 N–H and O–H groups in total. The highest BCUT2D eigenvalue weighted by Crippen LogP contribution is 2.21. The van der Waals surface area contributed by atoms with Crippen LogP contribution in [0.2, 0.25) is 0 Å². The van der Waals surface area contributed by atoms with Crippen LogP contribution in [0, 0.1) is 11.7 Å². The van der Waals surface area contributed by atoms with Gasteiger partial charge in [-0.05, 0) is 24.6 Å². The van der Waals surface area contributed by atoms with Crippen LogP contribution in [0.3, 0.4) is 0 Å². The van der Waals surface area contributed by atoms with Crippen LogP contribution in [0.5, 0.6) is 5.75 Å². The predicted molar refractivity (Wildman–Crippen MR) is 67.7 cm³/mol. The van der Waals surface area contributed by atoms with E-state index in [0.717, 1.165) is 0 Å². The van der Waals surface area contributed by atoms with Crippen LogP contribution < -0.4 is 15.8 Å². The van der Waals surface area contributed by atoms with Crippen molar-refractivity contribution in [1.29, 1.82) is 0 Å². The van der Waals surface area contributed by atoms with Crippen LogP contribution in [-0.2, 0) is 4.79 Å². The molecule has 4 nitrogen and oxygen atoms in total. The molecule has 0 aromatic heterocycles. The van der Waals surface area contributed by atoms with Gasteiger partial charge in [0.25, 0.3) is 0 Å². The van der Waals surface area contributed by atoms with E-state index < -0.39 is 5.82 Å². The van der Waals surface area contributed by atoms with Gasteiger partial charge in [-0.3, -0.25) is 4.79 Å². The molecule has 0 saturated carbocycles. The third-order valence-corrected chi connectivity index (χ3v) is 2.84. The molecule has 1 aromatic rings. The van der Waals surface area contributed by atoms with Crippen molar-refractivity contribution in [2.75, 3.05) is 13.7 Å². The van der Waals surface area contributed by atoms with Gasteiger partial charge in [0.2, 0.25) is 5.91 Å². The minimum atomic E-state index is -0.442. The lowest BCUT2D eigenvalue weighted by Crippen LogP contribution is -2.34. The largest absolute Gasteiger partial charge is 0.494 e. The second-order valence-electron chi connectivity index (χ2n) is 4.26. The minimum Gasteiger partial charge on any atom is -0.494 e. The zero-order chi connectivity index (χ0) is 13.7. The smallest absolute Gasteiger partial charge is 0.224 e. The molecule has 0 aliphatic carbocycles. The summed E-state index contributed by atoms with van der Waals surface area (Å²) < 4.78 is 18.4. The Bertz CT molecular complexity index is 423. The molecule has 0 bridgehead atoms. The van der Waals surface area contributed by atoms with Crippen LogP contribution >= 0.6 is 0 Å². The molecule has 0 radical (unpaired) electrons. The second kappa shape index (κ2) is 6.35. The average Bonchev–Trinajstić information content (AvgIpc) is 2.37. The number of rotatable bonds is 5. The van der Waals surface area contributed by atoms with Gasteiger partial charge in [-0.1, -0.05) is 13.0 Å². The molecule has 0 saturated heterocycles. The van der Waals surface area contributed by atoms with E-state index in [2.05, 4.69) is 5.32 Å². The number of nitrogens with two attached hydrogens (primary N) is 1. The highest BCUT2D eigenvalue weighted by molar-refractivity contribution is 5.78. The summed E-state index contributed by atoms with van der Waals surface area (Å²) in [6.45, 7) is 3.83. The Labute approximate surface area is 106 Å². The summed E-state index contributed by atoms with van der Waals surface area (Å²) in [5.41, 5.74) is 6.10. The molecule has 1 aromatic carbocycles. The number of carbonyl (C=O) groups excluding carboxylic acids is 1. The van der Waals surface area contributed by atoms with Gasteiger partial charge in [-0.15, -0.1) is 0 Å². The molecule has 0 aliphatic rings. The highest BCUT2D eigenvalue weighted by atomic mass is 19.1. The Kier molecular flexibility index (Phi) is 5.09. The van der Waals surface area contributed by atoms with Crippen LogP contribution in [0.1, 0.15) is 25.5 Å². The SMILES string of the molecule is COc1ccc(C(C)NC(=O)C(C)CN)cc1F. The van der Waals surface area contributed by atoms with Crippen molar-refractivity contribution >= 4 is 5.91 Å². The maximum absolute atomic E-state index is 13.5. The molecule has 2 unspecified atom stereocenters. The predicted octanol–water partition coefficient (Wildman–Crippen LogP) is 1.61. The van der Waals surface area contributed by atoms with Gasteiger partial charge in [0.05, 0.1) is 13.2 Å².